The minimum absolute atomic E-state index is 0.596. The summed E-state index contributed by atoms with van der Waals surface area (Å²) in [5, 5.41) is 3.50. The predicted molar refractivity (Wildman–Crippen MR) is 76.5 cm³/mol. The summed E-state index contributed by atoms with van der Waals surface area (Å²) in [4.78, 5) is 0. The zero-order valence-corrected chi connectivity index (χ0v) is 12.0. The molecule has 1 atom stereocenters. The molecular weight excluding hydrogens is 206 g/mol. The van der Waals surface area contributed by atoms with E-state index in [1.54, 1.807) is 0 Å². The third kappa shape index (κ3) is 5.36. The normalized spacial score (nSPS) is 13.1. The summed E-state index contributed by atoms with van der Waals surface area (Å²) in [7, 11) is 0. The molecule has 0 heterocycles. The first-order valence-corrected chi connectivity index (χ1v) is 6.78. The number of rotatable bonds is 6. The first-order valence-electron chi connectivity index (χ1n) is 6.78. The Balaban J connectivity index is 2.36. The van der Waals surface area contributed by atoms with Gasteiger partial charge in [-0.1, -0.05) is 39.0 Å². The molecule has 0 aromatic heterocycles. The van der Waals surface area contributed by atoms with Crippen molar-refractivity contribution in [2.45, 2.75) is 53.5 Å². The highest BCUT2D eigenvalue weighted by Gasteiger charge is 2.04. The van der Waals surface area contributed by atoms with Gasteiger partial charge in [-0.15, -0.1) is 0 Å². The van der Waals surface area contributed by atoms with E-state index < -0.39 is 0 Å². The number of hydrogen-bond donors (Lipinski definition) is 1. The van der Waals surface area contributed by atoms with Gasteiger partial charge in [-0.2, -0.15) is 0 Å². The quantitative estimate of drug-likeness (QED) is 0.786. The maximum atomic E-state index is 3.50. The van der Waals surface area contributed by atoms with Gasteiger partial charge in [-0.05, 0) is 55.8 Å². The smallest absolute Gasteiger partial charge is 0.00104 e. The fraction of sp³-hybridized carbons (Fsp3) is 0.625. The molecule has 0 bridgehead atoms. The van der Waals surface area contributed by atoms with Crippen LogP contribution in [0.3, 0.4) is 0 Å². The standard InChI is InChI=1S/C16H27N/c1-12(2)17-11-13(3)6-8-16-9-7-14(4)15(5)10-16/h7,9-10,12-13,17H,6,8,11H2,1-5H3. The Morgan fingerprint density at radius 2 is 1.76 bits per heavy atom. The van der Waals surface area contributed by atoms with Crippen molar-refractivity contribution in [1.29, 1.82) is 0 Å². The van der Waals surface area contributed by atoms with Crippen molar-refractivity contribution < 1.29 is 0 Å². The maximum absolute atomic E-state index is 3.50. The van der Waals surface area contributed by atoms with Crippen LogP contribution in [0.1, 0.15) is 43.9 Å². The van der Waals surface area contributed by atoms with Crippen LogP contribution in [0, 0.1) is 19.8 Å². The van der Waals surface area contributed by atoms with Gasteiger partial charge in [0.2, 0.25) is 0 Å². The van der Waals surface area contributed by atoms with Crippen LogP contribution in [0.5, 0.6) is 0 Å². The van der Waals surface area contributed by atoms with E-state index in [2.05, 4.69) is 58.1 Å². The summed E-state index contributed by atoms with van der Waals surface area (Å²) >= 11 is 0. The summed E-state index contributed by atoms with van der Waals surface area (Å²) in [5.74, 6) is 0.749. The molecule has 1 heteroatoms. The van der Waals surface area contributed by atoms with E-state index in [0.29, 0.717) is 6.04 Å². The van der Waals surface area contributed by atoms with Crippen molar-refractivity contribution in [3.63, 3.8) is 0 Å². The van der Waals surface area contributed by atoms with Gasteiger partial charge in [0.25, 0.3) is 0 Å². The molecule has 96 valence electrons. The average Bonchev–Trinajstić information content (AvgIpc) is 2.28. The van der Waals surface area contributed by atoms with Crippen LogP contribution < -0.4 is 5.32 Å². The van der Waals surface area contributed by atoms with Crippen LogP contribution in [0.15, 0.2) is 18.2 Å². The molecule has 1 unspecified atom stereocenters. The molecule has 1 rings (SSSR count). The van der Waals surface area contributed by atoms with Crippen LogP contribution in [-0.4, -0.2) is 12.6 Å². The molecule has 1 aromatic rings. The lowest BCUT2D eigenvalue weighted by atomic mass is 9.98. The average molecular weight is 233 g/mol. The van der Waals surface area contributed by atoms with Crippen molar-refractivity contribution in [3.05, 3.63) is 34.9 Å². The highest BCUT2D eigenvalue weighted by atomic mass is 14.9. The molecule has 0 saturated carbocycles. The Labute approximate surface area is 107 Å². The Morgan fingerprint density at radius 1 is 1.06 bits per heavy atom. The van der Waals surface area contributed by atoms with Gasteiger partial charge in [-0.3, -0.25) is 0 Å². The number of hydrogen-bond acceptors (Lipinski definition) is 1. The van der Waals surface area contributed by atoms with E-state index in [0.717, 1.165) is 12.5 Å². The predicted octanol–water partition coefficient (Wildman–Crippen LogP) is 3.87. The molecule has 0 aliphatic carbocycles. The Morgan fingerprint density at radius 3 is 2.35 bits per heavy atom. The van der Waals surface area contributed by atoms with E-state index in [1.165, 1.54) is 29.5 Å². The molecule has 0 aliphatic heterocycles. The largest absolute Gasteiger partial charge is 0.314 e. The lowest BCUT2D eigenvalue weighted by Gasteiger charge is -2.15. The Bertz CT molecular complexity index is 341. The third-order valence-corrected chi connectivity index (χ3v) is 3.37. The molecule has 0 aliphatic rings. The van der Waals surface area contributed by atoms with Crippen molar-refractivity contribution >= 4 is 0 Å². The number of benzene rings is 1. The van der Waals surface area contributed by atoms with Gasteiger partial charge in [0, 0.05) is 6.04 Å². The maximum Gasteiger partial charge on any atom is 0.00104 e. The lowest BCUT2D eigenvalue weighted by molar-refractivity contribution is 0.454. The lowest BCUT2D eigenvalue weighted by Crippen LogP contribution is -2.28. The second-order valence-electron chi connectivity index (χ2n) is 5.63. The molecule has 1 nitrogen and oxygen atoms in total. The minimum Gasteiger partial charge on any atom is -0.314 e. The molecule has 0 amide bonds. The second kappa shape index (κ2) is 6.80. The molecule has 17 heavy (non-hydrogen) atoms. The number of aryl methyl sites for hydroxylation is 3. The highest BCUT2D eigenvalue weighted by molar-refractivity contribution is 5.29. The number of nitrogens with one attached hydrogen (secondary N) is 1. The van der Waals surface area contributed by atoms with Gasteiger partial charge < -0.3 is 5.32 Å². The van der Waals surface area contributed by atoms with Crippen LogP contribution in [0.4, 0.5) is 0 Å². The summed E-state index contributed by atoms with van der Waals surface area (Å²) in [6.45, 7) is 12.2. The first kappa shape index (κ1) is 14.2. The van der Waals surface area contributed by atoms with E-state index >= 15 is 0 Å². The zero-order valence-electron chi connectivity index (χ0n) is 12.0. The van der Waals surface area contributed by atoms with Crippen molar-refractivity contribution in [2.75, 3.05) is 6.54 Å². The molecule has 0 radical (unpaired) electrons. The summed E-state index contributed by atoms with van der Waals surface area (Å²) in [5.41, 5.74) is 4.28. The van der Waals surface area contributed by atoms with Gasteiger partial charge in [-0.25, -0.2) is 0 Å². The van der Waals surface area contributed by atoms with Crippen LogP contribution >= 0.6 is 0 Å². The van der Waals surface area contributed by atoms with Crippen molar-refractivity contribution in [2.24, 2.45) is 5.92 Å². The van der Waals surface area contributed by atoms with Gasteiger partial charge >= 0.3 is 0 Å². The molecule has 0 fully saturated rings. The summed E-state index contributed by atoms with van der Waals surface area (Å²) in [6.07, 6.45) is 2.46. The molecule has 0 spiro atoms. The Kier molecular flexibility index (Phi) is 5.70. The molecule has 0 saturated heterocycles. The zero-order chi connectivity index (χ0) is 12.8. The van der Waals surface area contributed by atoms with Crippen molar-refractivity contribution in [1.82, 2.24) is 5.32 Å². The van der Waals surface area contributed by atoms with Crippen LogP contribution in [-0.2, 0) is 6.42 Å². The Hall–Kier alpha value is -0.820. The summed E-state index contributed by atoms with van der Waals surface area (Å²) in [6, 6.07) is 7.43. The topological polar surface area (TPSA) is 12.0 Å². The second-order valence-corrected chi connectivity index (χ2v) is 5.63. The first-order chi connectivity index (χ1) is 7.99. The van der Waals surface area contributed by atoms with E-state index in [9.17, 15) is 0 Å². The van der Waals surface area contributed by atoms with Crippen molar-refractivity contribution in [3.8, 4) is 0 Å². The van der Waals surface area contributed by atoms with Gasteiger partial charge in [0.1, 0.15) is 0 Å². The fourth-order valence-electron chi connectivity index (χ4n) is 1.91. The SMILES string of the molecule is Cc1ccc(CCC(C)CNC(C)C)cc1C. The van der Waals surface area contributed by atoms with E-state index in [4.69, 9.17) is 0 Å². The van der Waals surface area contributed by atoms with Crippen LogP contribution in [0.25, 0.3) is 0 Å². The highest BCUT2D eigenvalue weighted by Crippen LogP contribution is 2.13. The van der Waals surface area contributed by atoms with Gasteiger partial charge in [0.05, 0.1) is 0 Å². The monoisotopic (exact) mass is 233 g/mol. The molecule has 1 N–H and O–H groups in total. The third-order valence-electron chi connectivity index (χ3n) is 3.37. The van der Waals surface area contributed by atoms with Crippen LogP contribution in [0.2, 0.25) is 0 Å². The van der Waals surface area contributed by atoms with E-state index in [1.807, 2.05) is 0 Å². The summed E-state index contributed by atoms with van der Waals surface area (Å²) < 4.78 is 0. The molecular formula is C16H27N. The fourth-order valence-corrected chi connectivity index (χ4v) is 1.91. The molecule has 1 aromatic carbocycles. The van der Waals surface area contributed by atoms with Gasteiger partial charge in [0.15, 0.2) is 0 Å². The minimum atomic E-state index is 0.596. The van der Waals surface area contributed by atoms with E-state index in [-0.39, 0.29) is 0 Å².